The smallest absolute Gasteiger partial charge is 0.322 e. The van der Waals surface area contributed by atoms with Crippen molar-refractivity contribution >= 4 is 18.0 Å². The van der Waals surface area contributed by atoms with Gasteiger partial charge < -0.3 is 4.42 Å². The normalized spacial score (nSPS) is 11.0. The maximum absolute atomic E-state index is 11.8. The van der Waals surface area contributed by atoms with Gasteiger partial charge in [-0.25, -0.2) is 0 Å². The highest BCUT2D eigenvalue weighted by Gasteiger charge is 2.12. The molecule has 3 rings (SSSR count). The van der Waals surface area contributed by atoms with Crippen LogP contribution in [0.2, 0.25) is 0 Å². The lowest BCUT2D eigenvalue weighted by Crippen LogP contribution is -2.07. The van der Waals surface area contributed by atoms with Crippen molar-refractivity contribution in [2.45, 2.75) is 0 Å². The summed E-state index contributed by atoms with van der Waals surface area (Å²) in [4.78, 5) is 11.8. The molecule has 0 saturated heterocycles. The van der Waals surface area contributed by atoms with Gasteiger partial charge in [-0.05, 0) is 17.7 Å². The molecule has 2 heterocycles. The molecule has 1 aromatic carbocycles. The monoisotopic (exact) mass is 295 g/mol. The van der Waals surface area contributed by atoms with Crippen molar-refractivity contribution in [2.24, 2.45) is 7.05 Å². The maximum atomic E-state index is 11.8. The number of aryl methyl sites for hydroxylation is 1. The van der Waals surface area contributed by atoms with Crippen LogP contribution in [0.25, 0.3) is 17.7 Å². The Morgan fingerprint density at radius 1 is 1.23 bits per heavy atom. The number of carbonyl (C=O) groups excluding carboxylic acids is 1. The van der Waals surface area contributed by atoms with Crippen LogP contribution in [0.4, 0.5) is 6.01 Å². The molecular weight excluding hydrogens is 282 g/mol. The Bertz CT molecular complexity index is 804. The second-order valence-electron chi connectivity index (χ2n) is 4.49. The molecule has 0 aliphatic carbocycles. The fourth-order valence-corrected chi connectivity index (χ4v) is 1.84. The number of nitrogens with one attached hydrogen (secondary N) is 1. The van der Waals surface area contributed by atoms with Crippen molar-refractivity contribution in [3.8, 4) is 11.6 Å². The van der Waals surface area contributed by atoms with Crippen LogP contribution >= 0.6 is 0 Å². The number of hydrogen-bond acceptors (Lipinski definition) is 5. The molecule has 7 nitrogen and oxygen atoms in total. The SMILES string of the molecule is Cn1nccc1-c1nnc(NC(=O)/C=C/c2ccccc2)o1. The Hall–Kier alpha value is -3.22. The van der Waals surface area contributed by atoms with Crippen LogP contribution in [0.3, 0.4) is 0 Å². The molecule has 0 fully saturated rings. The summed E-state index contributed by atoms with van der Waals surface area (Å²) in [5, 5.41) is 14.2. The first-order valence-electron chi connectivity index (χ1n) is 6.58. The Kier molecular flexibility index (Phi) is 3.78. The van der Waals surface area contributed by atoms with Gasteiger partial charge in [0.05, 0.1) is 0 Å². The summed E-state index contributed by atoms with van der Waals surface area (Å²) in [6, 6.07) is 11.3. The molecule has 0 spiro atoms. The molecule has 1 N–H and O–H groups in total. The molecule has 0 aliphatic rings. The number of nitrogens with zero attached hydrogens (tertiary/aromatic N) is 4. The van der Waals surface area contributed by atoms with Gasteiger partial charge in [0.25, 0.3) is 11.8 Å². The van der Waals surface area contributed by atoms with E-state index in [9.17, 15) is 4.79 Å². The van der Waals surface area contributed by atoms with Crippen LogP contribution in [-0.2, 0) is 11.8 Å². The zero-order valence-electron chi connectivity index (χ0n) is 11.8. The van der Waals surface area contributed by atoms with Crippen LogP contribution in [-0.4, -0.2) is 25.9 Å². The predicted molar refractivity (Wildman–Crippen MR) is 80.6 cm³/mol. The molecule has 0 atom stereocenters. The minimum Gasteiger partial charge on any atom is -0.401 e. The maximum Gasteiger partial charge on any atom is 0.322 e. The third-order valence-corrected chi connectivity index (χ3v) is 2.92. The molecule has 7 heteroatoms. The Balaban J connectivity index is 1.67. The summed E-state index contributed by atoms with van der Waals surface area (Å²) in [6.45, 7) is 0. The standard InChI is InChI=1S/C15H13N5O2/c1-20-12(9-10-16-20)14-18-19-15(22-14)17-13(21)8-7-11-5-3-2-4-6-11/h2-10H,1H3,(H,17,19,21)/b8-7+. The van der Waals surface area contributed by atoms with Gasteiger partial charge in [0.1, 0.15) is 5.69 Å². The van der Waals surface area contributed by atoms with Gasteiger partial charge in [-0.15, -0.1) is 5.10 Å². The third kappa shape index (κ3) is 3.09. The molecule has 0 aliphatic heterocycles. The topological polar surface area (TPSA) is 85.8 Å². The highest BCUT2D eigenvalue weighted by atomic mass is 16.4. The van der Waals surface area contributed by atoms with Crippen LogP contribution < -0.4 is 5.32 Å². The molecule has 0 unspecified atom stereocenters. The van der Waals surface area contributed by atoms with Crippen LogP contribution in [0.5, 0.6) is 0 Å². The zero-order valence-corrected chi connectivity index (χ0v) is 11.8. The lowest BCUT2D eigenvalue weighted by atomic mass is 10.2. The number of benzene rings is 1. The minimum atomic E-state index is -0.343. The van der Waals surface area contributed by atoms with Crippen molar-refractivity contribution in [3.05, 3.63) is 54.2 Å². The number of anilines is 1. The van der Waals surface area contributed by atoms with Crippen molar-refractivity contribution in [1.82, 2.24) is 20.0 Å². The average Bonchev–Trinajstić information content (AvgIpc) is 3.15. The summed E-state index contributed by atoms with van der Waals surface area (Å²) in [5.41, 5.74) is 1.60. The molecule has 110 valence electrons. The highest BCUT2D eigenvalue weighted by molar-refractivity contribution is 6.00. The molecule has 0 radical (unpaired) electrons. The molecule has 0 saturated carbocycles. The molecule has 1 amide bonds. The fraction of sp³-hybridized carbons (Fsp3) is 0.0667. The van der Waals surface area contributed by atoms with Gasteiger partial charge >= 0.3 is 6.01 Å². The van der Waals surface area contributed by atoms with E-state index in [1.807, 2.05) is 30.3 Å². The van der Waals surface area contributed by atoms with Gasteiger partial charge in [0.2, 0.25) is 0 Å². The molecule has 22 heavy (non-hydrogen) atoms. The molecule has 2 aromatic heterocycles. The lowest BCUT2D eigenvalue weighted by Gasteiger charge is -1.96. The third-order valence-electron chi connectivity index (χ3n) is 2.92. The van der Waals surface area contributed by atoms with Gasteiger partial charge in [0, 0.05) is 19.3 Å². The first-order valence-corrected chi connectivity index (χ1v) is 6.58. The van der Waals surface area contributed by atoms with Crippen molar-refractivity contribution in [1.29, 1.82) is 0 Å². The molecule has 0 bridgehead atoms. The van der Waals surface area contributed by atoms with Gasteiger partial charge in [-0.2, -0.15) is 5.10 Å². The second kappa shape index (κ2) is 6.04. The quantitative estimate of drug-likeness (QED) is 0.745. The van der Waals surface area contributed by atoms with E-state index in [1.54, 1.807) is 30.1 Å². The van der Waals surface area contributed by atoms with E-state index in [4.69, 9.17) is 4.42 Å². The van der Waals surface area contributed by atoms with Gasteiger partial charge in [-0.1, -0.05) is 35.4 Å². The summed E-state index contributed by atoms with van der Waals surface area (Å²) in [5.74, 6) is -0.0496. The number of rotatable bonds is 4. The van der Waals surface area contributed by atoms with Crippen molar-refractivity contribution < 1.29 is 9.21 Å². The van der Waals surface area contributed by atoms with Crippen LogP contribution in [0, 0.1) is 0 Å². The summed E-state index contributed by atoms with van der Waals surface area (Å²) in [7, 11) is 1.76. The van der Waals surface area contributed by atoms with E-state index in [-0.39, 0.29) is 11.9 Å². The summed E-state index contributed by atoms with van der Waals surface area (Å²) >= 11 is 0. The highest BCUT2D eigenvalue weighted by Crippen LogP contribution is 2.18. The summed E-state index contributed by atoms with van der Waals surface area (Å²) in [6.07, 6.45) is 4.73. The zero-order chi connectivity index (χ0) is 15.4. The van der Waals surface area contributed by atoms with Crippen LogP contribution in [0.15, 0.2) is 53.1 Å². The fourth-order valence-electron chi connectivity index (χ4n) is 1.84. The summed E-state index contributed by atoms with van der Waals surface area (Å²) < 4.78 is 6.99. The number of amides is 1. The first-order chi connectivity index (χ1) is 10.7. The van der Waals surface area contributed by atoms with E-state index in [0.717, 1.165) is 5.56 Å². The Morgan fingerprint density at radius 3 is 2.77 bits per heavy atom. The largest absolute Gasteiger partial charge is 0.401 e. The van der Waals surface area contributed by atoms with Crippen molar-refractivity contribution in [3.63, 3.8) is 0 Å². The predicted octanol–water partition coefficient (Wildman–Crippen LogP) is 2.12. The second-order valence-corrected chi connectivity index (χ2v) is 4.49. The number of carbonyl (C=O) groups is 1. The first kappa shape index (κ1) is 13.7. The lowest BCUT2D eigenvalue weighted by molar-refractivity contribution is -0.112. The Labute approximate surface area is 126 Å². The number of hydrogen-bond donors (Lipinski definition) is 1. The minimum absolute atomic E-state index is 0.0407. The van der Waals surface area contributed by atoms with Crippen LogP contribution in [0.1, 0.15) is 5.56 Å². The number of aromatic nitrogens is 4. The van der Waals surface area contributed by atoms with E-state index < -0.39 is 0 Å². The van der Waals surface area contributed by atoms with E-state index in [0.29, 0.717) is 11.6 Å². The Morgan fingerprint density at radius 2 is 2.05 bits per heavy atom. The van der Waals surface area contributed by atoms with E-state index in [1.165, 1.54) is 6.08 Å². The van der Waals surface area contributed by atoms with E-state index >= 15 is 0 Å². The van der Waals surface area contributed by atoms with Gasteiger partial charge in [0.15, 0.2) is 0 Å². The van der Waals surface area contributed by atoms with Crippen molar-refractivity contribution in [2.75, 3.05) is 5.32 Å². The van der Waals surface area contributed by atoms with E-state index in [2.05, 4.69) is 20.6 Å². The average molecular weight is 295 g/mol. The van der Waals surface area contributed by atoms with Gasteiger partial charge in [-0.3, -0.25) is 14.8 Å². The molecule has 3 aromatic rings. The molecular formula is C15H13N5O2.